The number of phenolic OH excluding ortho intramolecular Hbond substituents is 1. The third kappa shape index (κ3) is 5.67. The highest BCUT2D eigenvalue weighted by Gasteiger charge is 2.25. The summed E-state index contributed by atoms with van der Waals surface area (Å²) in [6.45, 7) is 0. The number of nitro benzene ring substituents is 1. The van der Waals surface area contributed by atoms with Gasteiger partial charge in [0.05, 0.1) is 45.4 Å². The van der Waals surface area contributed by atoms with E-state index in [-0.39, 0.29) is 22.7 Å². The van der Waals surface area contributed by atoms with E-state index >= 15 is 0 Å². The zero-order valence-corrected chi connectivity index (χ0v) is 22.0. The molecule has 0 aliphatic rings. The van der Waals surface area contributed by atoms with E-state index in [1.807, 2.05) is 0 Å². The standard InChI is InChI=1S/C25H26N2O10S/c1-33-19-11-9-17(14-18(19)27(29)30)38(31,32)26-23-16(8-10-20(34-2)24(23)28)7-6-15-12-21(35-3)25(37-5)22(13-15)36-4/h6-14,26,28H,1-5H3/b7-6-. The molecule has 3 rings (SSSR count). The summed E-state index contributed by atoms with van der Waals surface area (Å²) < 4.78 is 54.8. The number of rotatable bonds is 11. The monoisotopic (exact) mass is 546 g/mol. The van der Waals surface area contributed by atoms with Crippen molar-refractivity contribution in [2.24, 2.45) is 0 Å². The van der Waals surface area contributed by atoms with Crippen molar-refractivity contribution in [2.75, 3.05) is 40.3 Å². The number of nitro groups is 1. The van der Waals surface area contributed by atoms with Crippen molar-refractivity contribution in [3.63, 3.8) is 0 Å². The van der Waals surface area contributed by atoms with E-state index in [0.717, 1.165) is 12.1 Å². The highest BCUT2D eigenvalue weighted by Crippen LogP contribution is 2.41. The molecule has 0 spiro atoms. The fourth-order valence-electron chi connectivity index (χ4n) is 3.56. The van der Waals surface area contributed by atoms with Gasteiger partial charge in [-0.1, -0.05) is 12.2 Å². The number of ether oxygens (including phenoxy) is 5. The summed E-state index contributed by atoms with van der Waals surface area (Å²) in [7, 11) is 2.58. The minimum atomic E-state index is -4.39. The molecule has 0 unspecified atom stereocenters. The van der Waals surface area contributed by atoms with Crippen LogP contribution in [0.4, 0.5) is 11.4 Å². The number of benzene rings is 3. The average molecular weight is 547 g/mol. The Morgan fingerprint density at radius 3 is 1.92 bits per heavy atom. The van der Waals surface area contributed by atoms with Gasteiger partial charge in [-0.25, -0.2) is 8.42 Å². The molecule has 0 saturated heterocycles. The molecule has 3 aromatic rings. The number of nitrogens with one attached hydrogen (secondary N) is 1. The molecule has 0 atom stereocenters. The molecule has 0 heterocycles. The summed E-state index contributed by atoms with van der Waals surface area (Å²) in [4.78, 5) is 10.2. The van der Waals surface area contributed by atoms with E-state index in [0.29, 0.717) is 22.8 Å². The molecule has 2 N–H and O–H groups in total. The molecule has 0 amide bonds. The zero-order valence-electron chi connectivity index (χ0n) is 21.2. The van der Waals surface area contributed by atoms with E-state index in [1.165, 1.54) is 53.7 Å². The molecule has 13 heteroatoms. The van der Waals surface area contributed by atoms with Crippen LogP contribution >= 0.6 is 0 Å². The molecule has 38 heavy (non-hydrogen) atoms. The largest absolute Gasteiger partial charge is 0.503 e. The third-order valence-corrected chi connectivity index (χ3v) is 6.78. The summed E-state index contributed by atoms with van der Waals surface area (Å²) in [5.41, 5.74) is 0.150. The van der Waals surface area contributed by atoms with Gasteiger partial charge in [0.15, 0.2) is 28.7 Å². The number of anilines is 1. The maximum Gasteiger partial charge on any atom is 0.312 e. The summed E-state index contributed by atoms with van der Waals surface area (Å²) in [6.07, 6.45) is 3.19. The van der Waals surface area contributed by atoms with Crippen LogP contribution in [0.15, 0.2) is 47.4 Å². The Morgan fingerprint density at radius 1 is 0.816 bits per heavy atom. The number of aromatic hydroxyl groups is 1. The molecular weight excluding hydrogens is 520 g/mol. The molecule has 0 saturated carbocycles. The molecule has 0 aliphatic heterocycles. The Morgan fingerprint density at radius 2 is 1.39 bits per heavy atom. The predicted molar refractivity (Wildman–Crippen MR) is 140 cm³/mol. The SMILES string of the molecule is COc1ccc(S(=O)(=O)Nc2c(/C=C\c3cc(OC)c(OC)c(OC)c3)ccc(OC)c2O)cc1[N+](=O)[O-]. The Balaban J connectivity index is 2.09. The van der Waals surface area contributed by atoms with Gasteiger partial charge < -0.3 is 28.8 Å². The van der Waals surface area contributed by atoms with Gasteiger partial charge in [-0.05, 0) is 42.0 Å². The van der Waals surface area contributed by atoms with Gasteiger partial charge in [-0.2, -0.15) is 0 Å². The van der Waals surface area contributed by atoms with Crippen molar-refractivity contribution >= 4 is 33.6 Å². The Bertz CT molecular complexity index is 1460. The van der Waals surface area contributed by atoms with E-state index in [4.69, 9.17) is 23.7 Å². The molecule has 0 radical (unpaired) electrons. The second-order valence-corrected chi connectivity index (χ2v) is 9.25. The van der Waals surface area contributed by atoms with Crippen LogP contribution in [-0.2, 0) is 10.0 Å². The first-order valence-corrected chi connectivity index (χ1v) is 12.3. The van der Waals surface area contributed by atoms with Crippen LogP contribution in [0.5, 0.6) is 34.5 Å². The van der Waals surface area contributed by atoms with Crippen molar-refractivity contribution in [3.8, 4) is 34.5 Å². The molecule has 0 aliphatic carbocycles. The lowest BCUT2D eigenvalue weighted by molar-refractivity contribution is -0.386. The average Bonchev–Trinajstić information content (AvgIpc) is 2.92. The summed E-state index contributed by atoms with van der Waals surface area (Å²) in [5, 5.41) is 22.1. The normalized spacial score (nSPS) is 11.2. The molecule has 202 valence electrons. The Hall–Kier alpha value is -4.65. The third-order valence-electron chi connectivity index (χ3n) is 5.43. The first-order chi connectivity index (χ1) is 18.1. The Labute approximate surface area is 219 Å². The summed E-state index contributed by atoms with van der Waals surface area (Å²) >= 11 is 0. The second kappa shape index (κ2) is 11.6. The van der Waals surface area contributed by atoms with Crippen molar-refractivity contribution in [1.82, 2.24) is 0 Å². The van der Waals surface area contributed by atoms with E-state index in [2.05, 4.69) is 4.72 Å². The van der Waals surface area contributed by atoms with Gasteiger partial charge in [0.2, 0.25) is 5.75 Å². The van der Waals surface area contributed by atoms with Crippen molar-refractivity contribution in [1.29, 1.82) is 0 Å². The molecule has 0 fully saturated rings. The number of phenols is 1. The highest BCUT2D eigenvalue weighted by molar-refractivity contribution is 7.92. The van der Waals surface area contributed by atoms with Crippen LogP contribution < -0.4 is 28.4 Å². The van der Waals surface area contributed by atoms with E-state index in [1.54, 1.807) is 24.3 Å². The topological polar surface area (TPSA) is 156 Å². The van der Waals surface area contributed by atoms with Gasteiger partial charge in [0.25, 0.3) is 10.0 Å². The van der Waals surface area contributed by atoms with Crippen molar-refractivity contribution in [2.45, 2.75) is 4.90 Å². The van der Waals surface area contributed by atoms with Crippen molar-refractivity contribution < 1.29 is 42.1 Å². The minimum absolute atomic E-state index is 0.00773. The molecule has 3 aromatic carbocycles. The fraction of sp³-hybridized carbons (Fsp3) is 0.200. The lowest BCUT2D eigenvalue weighted by atomic mass is 10.1. The lowest BCUT2D eigenvalue weighted by Crippen LogP contribution is -2.14. The minimum Gasteiger partial charge on any atom is -0.503 e. The Kier molecular flexibility index (Phi) is 8.53. The van der Waals surface area contributed by atoms with Crippen molar-refractivity contribution in [3.05, 3.63) is 63.7 Å². The number of hydrogen-bond donors (Lipinski definition) is 2. The number of hydrogen-bond acceptors (Lipinski definition) is 10. The van der Waals surface area contributed by atoms with Gasteiger partial charge in [-0.3, -0.25) is 14.8 Å². The molecule has 0 bridgehead atoms. The summed E-state index contributed by atoms with van der Waals surface area (Å²) in [5.74, 6) is 0.639. The van der Waals surface area contributed by atoms with Crippen LogP contribution in [-0.4, -0.2) is 54.0 Å². The van der Waals surface area contributed by atoms with Gasteiger partial charge in [0, 0.05) is 11.6 Å². The molecular formula is C25H26N2O10S. The van der Waals surface area contributed by atoms with Crippen LogP contribution in [0.1, 0.15) is 11.1 Å². The smallest absolute Gasteiger partial charge is 0.312 e. The quantitative estimate of drug-likeness (QED) is 0.154. The van der Waals surface area contributed by atoms with Crippen LogP contribution in [0.25, 0.3) is 12.2 Å². The van der Waals surface area contributed by atoms with Crippen LogP contribution in [0.3, 0.4) is 0 Å². The fourth-order valence-corrected chi connectivity index (χ4v) is 4.67. The maximum atomic E-state index is 13.2. The lowest BCUT2D eigenvalue weighted by Gasteiger charge is -2.15. The predicted octanol–water partition coefficient (Wildman–Crippen LogP) is 4.31. The number of sulfonamides is 1. The molecule has 12 nitrogen and oxygen atoms in total. The second-order valence-electron chi connectivity index (χ2n) is 7.57. The summed E-state index contributed by atoms with van der Waals surface area (Å²) in [6, 6.07) is 9.54. The molecule has 0 aromatic heterocycles. The first kappa shape index (κ1) is 27.9. The highest BCUT2D eigenvalue weighted by atomic mass is 32.2. The van der Waals surface area contributed by atoms with Crippen LogP contribution in [0, 0.1) is 10.1 Å². The number of nitrogens with zero attached hydrogens (tertiary/aromatic N) is 1. The van der Waals surface area contributed by atoms with Gasteiger partial charge >= 0.3 is 5.69 Å². The maximum absolute atomic E-state index is 13.2. The zero-order chi connectivity index (χ0) is 28.0. The van der Waals surface area contributed by atoms with E-state index < -0.39 is 31.3 Å². The van der Waals surface area contributed by atoms with Crippen LogP contribution in [0.2, 0.25) is 0 Å². The number of methoxy groups -OCH3 is 5. The first-order valence-electron chi connectivity index (χ1n) is 10.8. The van der Waals surface area contributed by atoms with E-state index in [9.17, 15) is 23.6 Å². The van der Waals surface area contributed by atoms with Gasteiger partial charge in [0.1, 0.15) is 5.69 Å². The van der Waals surface area contributed by atoms with Gasteiger partial charge in [-0.15, -0.1) is 0 Å².